The smallest absolute Gasteiger partial charge is 0.275 e. The van der Waals surface area contributed by atoms with Crippen molar-refractivity contribution in [1.29, 1.82) is 5.26 Å². The minimum atomic E-state index is -0.136. The van der Waals surface area contributed by atoms with Gasteiger partial charge in [-0.2, -0.15) is 9.78 Å². The molecule has 1 N–H and O–H groups in total. The Bertz CT molecular complexity index is 1040. The Morgan fingerprint density at radius 1 is 1.37 bits per heavy atom. The van der Waals surface area contributed by atoms with E-state index in [0.717, 1.165) is 49.0 Å². The molecule has 0 spiro atoms. The lowest BCUT2D eigenvalue weighted by Crippen LogP contribution is -2.39. The third-order valence-corrected chi connectivity index (χ3v) is 5.52. The Kier molecular flexibility index (Phi) is 4.73. The number of aryl methyl sites for hydroxylation is 1. The highest BCUT2D eigenvalue weighted by molar-refractivity contribution is 7.20. The molecule has 0 amide bonds. The Hall–Kier alpha value is -2.99. The molecule has 9 heteroatoms. The lowest BCUT2D eigenvalue weighted by atomic mass is 10.1. The molecule has 27 heavy (non-hydrogen) atoms. The summed E-state index contributed by atoms with van der Waals surface area (Å²) >= 11 is 1.41. The van der Waals surface area contributed by atoms with Crippen molar-refractivity contribution in [3.05, 3.63) is 46.0 Å². The summed E-state index contributed by atoms with van der Waals surface area (Å²) in [7, 11) is 0. The third-order valence-electron chi connectivity index (χ3n) is 4.68. The van der Waals surface area contributed by atoms with Crippen LogP contribution >= 0.6 is 11.3 Å². The maximum atomic E-state index is 12.1. The average Bonchev–Trinajstić information content (AvgIpc) is 3.11. The summed E-state index contributed by atoms with van der Waals surface area (Å²) in [5, 5.41) is 17.4. The molecule has 0 unspecified atom stereocenters. The molecule has 4 rings (SSSR count). The predicted octanol–water partition coefficient (Wildman–Crippen LogP) is 2.06. The zero-order valence-electron chi connectivity index (χ0n) is 14.9. The summed E-state index contributed by atoms with van der Waals surface area (Å²) in [6.45, 7) is 3.73. The molecule has 138 valence electrons. The third kappa shape index (κ3) is 3.61. The number of rotatable bonds is 4. The predicted molar refractivity (Wildman–Crippen MR) is 104 cm³/mol. The van der Waals surface area contributed by atoms with Gasteiger partial charge in [-0.3, -0.25) is 4.79 Å². The van der Waals surface area contributed by atoms with E-state index in [0.29, 0.717) is 16.6 Å². The number of nitriles is 1. The van der Waals surface area contributed by atoms with Crippen LogP contribution in [0.5, 0.6) is 0 Å². The number of pyridine rings is 1. The molecule has 0 saturated carbocycles. The summed E-state index contributed by atoms with van der Waals surface area (Å²) in [6, 6.07) is 7.61. The van der Waals surface area contributed by atoms with E-state index in [4.69, 9.17) is 5.26 Å². The molecule has 1 fully saturated rings. The molecule has 1 saturated heterocycles. The maximum Gasteiger partial charge on any atom is 0.275 e. The van der Waals surface area contributed by atoms with Gasteiger partial charge >= 0.3 is 0 Å². The number of nitrogens with one attached hydrogen (secondary N) is 1. The first-order chi connectivity index (χ1) is 13.2. The van der Waals surface area contributed by atoms with Crippen LogP contribution in [0.1, 0.15) is 31.0 Å². The normalized spacial score (nSPS) is 15.0. The average molecular weight is 381 g/mol. The number of aromatic nitrogens is 4. The van der Waals surface area contributed by atoms with Gasteiger partial charge in [-0.15, -0.1) is 5.10 Å². The number of anilines is 2. The molecule has 3 aromatic rings. The van der Waals surface area contributed by atoms with Crippen LogP contribution in [0.25, 0.3) is 4.96 Å². The van der Waals surface area contributed by atoms with Gasteiger partial charge in [-0.05, 0) is 31.4 Å². The molecule has 0 radical (unpaired) electrons. The highest BCUT2D eigenvalue weighted by Crippen LogP contribution is 2.23. The molecule has 3 aromatic heterocycles. The number of fused-ring (bicyclic) bond motifs is 1. The van der Waals surface area contributed by atoms with Crippen molar-refractivity contribution in [3.8, 4) is 6.07 Å². The second-order valence-corrected chi connectivity index (χ2v) is 7.42. The van der Waals surface area contributed by atoms with Crippen LogP contribution in [0.2, 0.25) is 0 Å². The van der Waals surface area contributed by atoms with Crippen LogP contribution in [0.4, 0.5) is 10.9 Å². The van der Waals surface area contributed by atoms with Crippen molar-refractivity contribution in [3.63, 3.8) is 0 Å². The van der Waals surface area contributed by atoms with Gasteiger partial charge in [-0.1, -0.05) is 18.3 Å². The van der Waals surface area contributed by atoms with Gasteiger partial charge in [0.05, 0.1) is 5.56 Å². The number of hydrogen-bond acceptors (Lipinski definition) is 8. The van der Waals surface area contributed by atoms with Crippen LogP contribution in [0.15, 0.2) is 29.2 Å². The monoisotopic (exact) mass is 381 g/mol. The first kappa shape index (κ1) is 17.4. The molecular weight excluding hydrogens is 362 g/mol. The van der Waals surface area contributed by atoms with Gasteiger partial charge < -0.3 is 10.2 Å². The topological polar surface area (TPSA) is 99.2 Å². The second-order valence-electron chi connectivity index (χ2n) is 6.46. The van der Waals surface area contributed by atoms with Crippen molar-refractivity contribution >= 4 is 27.2 Å². The summed E-state index contributed by atoms with van der Waals surface area (Å²) in [4.78, 5) is 23.8. The first-order valence-corrected chi connectivity index (χ1v) is 9.75. The van der Waals surface area contributed by atoms with E-state index in [9.17, 15) is 4.79 Å². The summed E-state index contributed by atoms with van der Waals surface area (Å²) in [5.74, 6) is 0.898. The highest BCUT2D eigenvalue weighted by Gasteiger charge is 2.21. The van der Waals surface area contributed by atoms with Crippen molar-refractivity contribution in [2.75, 3.05) is 23.3 Å². The van der Waals surface area contributed by atoms with E-state index >= 15 is 0 Å². The quantitative estimate of drug-likeness (QED) is 0.738. The number of piperidine rings is 1. The van der Waals surface area contributed by atoms with Crippen LogP contribution in [-0.4, -0.2) is 38.7 Å². The lowest BCUT2D eigenvalue weighted by molar-refractivity contribution is 0.523. The van der Waals surface area contributed by atoms with Gasteiger partial charge in [0.15, 0.2) is 0 Å². The van der Waals surface area contributed by atoms with Crippen LogP contribution in [0, 0.1) is 11.3 Å². The largest absolute Gasteiger partial charge is 0.357 e. The fourth-order valence-electron chi connectivity index (χ4n) is 3.16. The van der Waals surface area contributed by atoms with Crippen LogP contribution in [-0.2, 0) is 6.42 Å². The molecule has 0 aromatic carbocycles. The van der Waals surface area contributed by atoms with Gasteiger partial charge in [0.25, 0.3) is 5.56 Å². The van der Waals surface area contributed by atoms with Crippen molar-refractivity contribution < 1.29 is 0 Å². The fourth-order valence-corrected chi connectivity index (χ4v) is 4.06. The van der Waals surface area contributed by atoms with Gasteiger partial charge in [-0.25, -0.2) is 9.97 Å². The Labute approximate surface area is 160 Å². The van der Waals surface area contributed by atoms with E-state index in [1.54, 1.807) is 18.3 Å². The Balaban J connectivity index is 1.41. The van der Waals surface area contributed by atoms with Crippen molar-refractivity contribution in [2.45, 2.75) is 32.2 Å². The van der Waals surface area contributed by atoms with E-state index in [-0.39, 0.29) is 5.56 Å². The van der Waals surface area contributed by atoms with E-state index in [1.165, 1.54) is 15.9 Å². The zero-order chi connectivity index (χ0) is 18.8. The molecule has 0 atom stereocenters. The van der Waals surface area contributed by atoms with Gasteiger partial charge in [0.2, 0.25) is 10.1 Å². The summed E-state index contributed by atoms with van der Waals surface area (Å²) < 4.78 is 1.36. The Morgan fingerprint density at radius 3 is 2.85 bits per heavy atom. The first-order valence-electron chi connectivity index (χ1n) is 8.93. The molecule has 4 heterocycles. The molecule has 1 aliphatic heterocycles. The zero-order valence-corrected chi connectivity index (χ0v) is 15.7. The van der Waals surface area contributed by atoms with Crippen LogP contribution < -0.4 is 15.8 Å². The summed E-state index contributed by atoms with van der Waals surface area (Å²) in [6.07, 6.45) is 4.23. The van der Waals surface area contributed by atoms with Gasteiger partial charge in [0, 0.05) is 37.1 Å². The van der Waals surface area contributed by atoms with Crippen LogP contribution in [0.3, 0.4) is 0 Å². The Morgan fingerprint density at radius 2 is 2.19 bits per heavy atom. The molecule has 0 bridgehead atoms. The highest BCUT2D eigenvalue weighted by atomic mass is 32.1. The van der Waals surface area contributed by atoms with E-state index in [1.807, 2.05) is 13.0 Å². The lowest BCUT2D eigenvalue weighted by Gasteiger charge is -2.33. The minimum absolute atomic E-state index is 0.136. The summed E-state index contributed by atoms with van der Waals surface area (Å²) in [5.41, 5.74) is 1.22. The van der Waals surface area contributed by atoms with E-state index in [2.05, 4.69) is 31.4 Å². The molecule has 8 nitrogen and oxygen atoms in total. The molecular formula is C18H19N7OS. The number of nitrogens with zero attached hydrogens (tertiary/aromatic N) is 6. The van der Waals surface area contributed by atoms with Gasteiger partial charge in [0.1, 0.15) is 11.9 Å². The minimum Gasteiger partial charge on any atom is -0.357 e. The number of hydrogen-bond donors (Lipinski definition) is 1. The van der Waals surface area contributed by atoms with Crippen molar-refractivity contribution in [2.24, 2.45) is 0 Å². The van der Waals surface area contributed by atoms with Crippen molar-refractivity contribution in [1.82, 2.24) is 19.6 Å². The molecule has 1 aliphatic rings. The second kappa shape index (κ2) is 7.32. The van der Waals surface area contributed by atoms with E-state index < -0.39 is 0 Å². The fraction of sp³-hybridized carbons (Fsp3) is 0.389. The molecule has 0 aliphatic carbocycles. The standard InChI is InChI=1S/C18H19N7OS/c1-2-13-9-16(26)25-18(22-13)27-17(23-25)21-14-5-7-24(8-6-14)15-4-3-12(10-19)11-20-15/h3-4,9,11,14H,2,5-8H2,1H3,(H,21,23). The maximum absolute atomic E-state index is 12.1. The SMILES string of the molecule is CCc1cc(=O)n2nc(NC3CCN(c4ccc(C#N)cn4)CC3)sc2n1.